The van der Waals surface area contributed by atoms with Crippen molar-refractivity contribution in [3.63, 3.8) is 0 Å². The predicted molar refractivity (Wildman–Crippen MR) is 107 cm³/mol. The highest BCUT2D eigenvalue weighted by Gasteiger charge is 2.22. The number of aryl methyl sites for hydroxylation is 1. The molecule has 0 fully saturated rings. The molecule has 4 nitrogen and oxygen atoms in total. The molecule has 26 heavy (non-hydrogen) atoms. The maximum absolute atomic E-state index is 12.4. The van der Waals surface area contributed by atoms with Gasteiger partial charge < -0.3 is 14.6 Å². The molecule has 1 unspecified atom stereocenters. The second kappa shape index (κ2) is 8.43. The summed E-state index contributed by atoms with van der Waals surface area (Å²) < 4.78 is 5.60. The van der Waals surface area contributed by atoms with Crippen molar-refractivity contribution >= 4 is 22.6 Å². The van der Waals surface area contributed by atoms with Gasteiger partial charge in [0.05, 0.1) is 0 Å². The zero-order valence-electron chi connectivity index (χ0n) is 16.2. The first-order chi connectivity index (χ1) is 12.6. The zero-order valence-corrected chi connectivity index (χ0v) is 16.2. The van der Waals surface area contributed by atoms with Crippen molar-refractivity contribution in [1.29, 1.82) is 0 Å². The van der Waals surface area contributed by atoms with E-state index in [4.69, 9.17) is 4.74 Å². The van der Waals surface area contributed by atoms with Crippen LogP contribution in [0.1, 0.15) is 57.1 Å². The lowest BCUT2D eigenvalue weighted by molar-refractivity contribution is 0.0682. The van der Waals surface area contributed by atoms with E-state index in [1.54, 1.807) is 4.90 Å². The van der Waals surface area contributed by atoms with Crippen LogP contribution >= 0.6 is 0 Å². The number of para-hydroxylation sites is 1. The summed E-state index contributed by atoms with van der Waals surface area (Å²) in [5.74, 6) is 0. The van der Waals surface area contributed by atoms with Crippen LogP contribution in [0, 0.1) is 6.92 Å². The number of nitrogens with zero attached hydrogens (tertiary/aromatic N) is 1. The minimum atomic E-state index is -0.181. The van der Waals surface area contributed by atoms with Gasteiger partial charge in [-0.2, -0.15) is 0 Å². The molecule has 1 N–H and O–H groups in total. The van der Waals surface area contributed by atoms with Crippen LogP contribution in [0.5, 0.6) is 0 Å². The van der Waals surface area contributed by atoms with E-state index < -0.39 is 0 Å². The number of carbonyl (C=O) groups is 1. The van der Waals surface area contributed by atoms with E-state index in [-0.39, 0.29) is 12.2 Å². The van der Waals surface area contributed by atoms with Crippen molar-refractivity contribution in [2.24, 2.45) is 0 Å². The van der Waals surface area contributed by atoms with Crippen LogP contribution in [0.2, 0.25) is 0 Å². The zero-order chi connectivity index (χ0) is 18.5. The van der Waals surface area contributed by atoms with E-state index in [0.29, 0.717) is 13.1 Å². The molecule has 1 amide bonds. The Balaban J connectivity index is 1.61. The number of rotatable bonds is 6. The molecule has 0 saturated heterocycles. The van der Waals surface area contributed by atoms with Crippen LogP contribution in [-0.4, -0.2) is 35.2 Å². The summed E-state index contributed by atoms with van der Waals surface area (Å²) in [5.41, 5.74) is 5.02. The molecular formula is C22H30N2O2. The van der Waals surface area contributed by atoms with Gasteiger partial charge in [-0.15, -0.1) is 0 Å². The fraction of sp³-hybridized carbons (Fsp3) is 0.500. The molecule has 2 aromatic rings. The van der Waals surface area contributed by atoms with Crippen LogP contribution < -0.4 is 0 Å². The van der Waals surface area contributed by atoms with E-state index >= 15 is 0 Å². The average Bonchev–Trinajstić information content (AvgIpc) is 3.07. The Kier molecular flexibility index (Phi) is 6.02. The van der Waals surface area contributed by atoms with Crippen molar-refractivity contribution in [3.05, 3.63) is 41.6 Å². The molecule has 0 radical (unpaired) electrons. The molecule has 3 rings (SSSR count). The molecule has 0 aliphatic carbocycles. The molecule has 1 aliphatic heterocycles. The summed E-state index contributed by atoms with van der Waals surface area (Å²) in [4.78, 5) is 17.6. The summed E-state index contributed by atoms with van der Waals surface area (Å²) in [6, 6.07) is 6.38. The van der Waals surface area contributed by atoms with E-state index in [1.165, 1.54) is 40.4 Å². The average molecular weight is 354 g/mol. The van der Waals surface area contributed by atoms with Gasteiger partial charge in [-0.25, -0.2) is 4.79 Å². The number of H-pyrrole nitrogens is 1. The van der Waals surface area contributed by atoms with Gasteiger partial charge in [-0.1, -0.05) is 44.0 Å². The van der Waals surface area contributed by atoms with Crippen molar-refractivity contribution < 1.29 is 9.53 Å². The first-order valence-corrected chi connectivity index (χ1v) is 9.81. The highest BCUT2D eigenvalue weighted by molar-refractivity contribution is 5.94. The number of ether oxygens (including phenoxy) is 1. The SMILES string of the molecule is CCCCCC(C)OC(=O)N1CC=C(c2c[nH]c3c(C)cccc23)CC1. The van der Waals surface area contributed by atoms with Gasteiger partial charge in [-0.3, -0.25) is 0 Å². The lowest BCUT2D eigenvalue weighted by atomic mass is 9.98. The molecule has 0 bridgehead atoms. The van der Waals surface area contributed by atoms with Crippen molar-refractivity contribution in [2.45, 2.75) is 59.0 Å². The first-order valence-electron chi connectivity index (χ1n) is 9.81. The predicted octanol–water partition coefficient (Wildman–Crippen LogP) is 5.67. The molecule has 1 aromatic heterocycles. The van der Waals surface area contributed by atoms with Crippen molar-refractivity contribution in [1.82, 2.24) is 9.88 Å². The Morgan fingerprint density at radius 2 is 2.19 bits per heavy atom. The summed E-state index contributed by atoms with van der Waals surface area (Å²) >= 11 is 0. The molecule has 0 saturated carbocycles. The standard InChI is InChI=1S/C22H30N2O2/c1-4-5-6-9-17(3)26-22(25)24-13-11-18(12-14-24)20-15-23-21-16(2)8-7-10-19(20)21/h7-8,10-11,15,17,23H,4-6,9,12-14H2,1-3H3. The van der Waals surface area contributed by atoms with Gasteiger partial charge in [0.1, 0.15) is 6.10 Å². The highest BCUT2D eigenvalue weighted by atomic mass is 16.6. The summed E-state index contributed by atoms with van der Waals surface area (Å²) in [7, 11) is 0. The maximum Gasteiger partial charge on any atom is 0.410 e. The number of hydrogen-bond acceptors (Lipinski definition) is 2. The fourth-order valence-corrected chi connectivity index (χ4v) is 3.64. The van der Waals surface area contributed by atoms with Gasteiger partial charge in [-0.05, 0) is 44.2 Å². The smallest absolute Gasteiger partial charge is 0.410 e. The topological polar surface area (TPSA) is 45.3 Å². The number of unbranched alkanes of at least 4 members (excludes halogenated alkanes) is 2. The van der Waals surface area contributed by atoms with E-state index in [1.807, 2.05) is 6.92 Å². The molecule has 1 aromatic carbocycles. The molecule has 1 atom stereocenters. The Bertz CT molecular complexity index is 791. The number of nitrogens with one attached hydrogen (secondary N) is 1. The molecule has 1 aliphatic rings. The third-order valence-corrected chi connectivity index (χ3v) is 5.25. The Labute approximate surface area is 156 Å². The molecular weight excluding hydrogens is 324 g/mol. The first kappa shape index (κ1) is 18.6. The minimum absolute atomic E-state index is 0.00369. The number of aromatic nitrogens is 1. The van der Waals surface area contributed by atoms with Crippen LogP contribution in [0.3, 0.4) is 0 Å². The summed E-state index contributed by atoms with van der Waals surface area (Å²) in [6.45, 7) is 7.63. The molecule has 0 spiro atoms. The Morgan fingerprint density at radius 3 is 2.92 bits per heavy atom. The van der Waals surface area contributed by atoms with Crippen LogP contribution in [0.15, 0.2) is 30.5 Å². The summed E-state index contributed by atoms with van der Waals surface area (Å²) in [6.07, 6.45) is 9.38. The second-order valence-electron chi connectivity index (χ2n) is 7.32. The lowest BCUT2D eigenvalue weighted by Gasteiger charge is -2.27. The third kappa shape index (κ3) is 4.12. The van der Waals surface area contributed by atoms with Crippen LogP contribution in [0.4, 0.5) is 4.79 Å². The number of aromatic amines is 1. The normalized spacial score (nSPS) is 15.8. The van der Waals surface area contributed by atoms with Crippen LogP contribution in [0.25, 0.3) is 16.5 Å². The molecule has 140 valence electrons. The number of hydrogen-bond donors (Lipinski definition) is 1. The highest BCUT2D eigenvalue weighted by Crippen LogP contribution is 2.30. The monoisotopic (exact) mass is 354 g/mol. The van der Waals surface area contributed by atoms with Crippen molar-refractivity contribution in [3.8, 4) is 0 Å². The number of amides is 1. The number of fused-ring (bicyclic) bond motifs is 1. The fourth-order valence-electron chi connectivity index (χ4n) is 3.64. The minimum Gasteiger partial charge on any atom is -0.446 e. The van der Waals surface area contributed by atoms with E-state index in [2.05, 4.69) is 49.3 Å². The van der Waals surface area contributed by atoms with Gasteiger partial charge >= 0.3 is 6.09 Å². The van der Waals surface area contributed by atoms with Gasteiger partial charge in [0.15, 0.2) is 0 Å². The maximum atomic E-state index is 12.4. The second-order valence-corrected chi connectivity index (χ2v) is 7.32. The number of carbonyl (C=O) groups excluding carboxylic acids is 1. The van der Waals surface area contributed by atoms with E-state index in [0.717, 1.165) is 19.3 Å². The van der Waals surface area contributed by atoms with Gasteiger partial charge in [0.25, 0.3) is 0 Å². The molecule has 4 heteroatoms. The van der Waals surface area contributed by atoms with Crippen LogP contribution in [-0.2, 0) is 4.74 Å². The largest absolute Gasteiger partial charge is 0.446 e. The van der Waals surface area contributed by atoms with E-state index in [9.17, 15) is 4.79 Å². The summed E-state index contributed by atoms with van der Waals surface area (Å²) in [5, 5.41) is 1.26. The lowest BCUT2D eigenvalue weighted by Crippen LogP contribution is -2.36. The molecule has 2 heterocycles. The quantitative estimate of drug-likeness (QED) is 0.679. The third-order valence-electron chi connectivity index (χ3n) is 5.25. The Morgan fingerprint density at radius 1 is 1.35 bits per heavy atom. The van der Waals surface area contributed by atoms with Gasteiger partial charge in [0, 0.05) is 35.8 Å². The number of benzene rings is 1. The Hall–Kier alpha value is -2.23. The van der Waals surface area contributed by atoms with Gasteiger partial charge in [0.2, 0.25) is 0 Å². The van der Waals surface area contributed by atoms with Crippen molar-refractivity contribution in [2.75, 3.05) is 13.1 Å².